The van der Waals surface area contributed by atoms with Crippen LogP contribution in [0.2, 0.25) is 0 Å². The van der Waals surface area contributed by atoms with Gasteiger partial charge < -0.3 is 0 Å². The van der Waals surface area contributed by atoms with E-state index in [4.69, 9.17) is 0 Å². The molecule has 0 atom stereocenters. The molecule has 0 aromatic heterocycles. The summed E-state index contributed by atoms with van der Waals surface area (Å²) in [6.45, 7) is 0.862. The van der Waals surface area contributed by atoms with Crippen LogP contribution in [0.15, 0.2) is 30.3 Å². The Morgan fingerprint density at radius 2 is 1.93 bits per heavy atom. The maximum absolute atomic E-state index is 12.5. The Balaban J connectivity index is 2.38. The van der Waals surface area contributed by atoms with E-state index in [1.54, 1.807) is 24.3 Å². The first kappa shape index (κ1) is 12.2. The Bertz CT molecular complexity index is 319. The summed E-state index contributed by atoms with van der Waals surface area (Å²) in [6.07, 6.45) is -0.268. The topological polar surface area (TPSA) is 17.1 Å². The van der Waals surface area contributed by atoms with Gasteiger partial charge >= 0.3 is 0 Å². The van der Waals surface area contributed by atoms with Gasteiger partial charge in [0.2, 0.25) is 11.0 Å². The summed E-state index contributed by atoms with van der Waals surface area (Å²) in [7, 11) is 0. The van der Waals surface area contributed by atoms with Gasteiger partial charge in [-0.3, -0.25) is 4.79 Å². The zero-order valence-corrected chi connectivity index (χ0v) is 9.19. The van der Waals surface area contributed by atoms with Gasteiger partial charge in [-0.25, -0.2) is 8.78 Å². The van der Waals surface area contributed by atoms with E-state index in [0.29, 0.717) is 5.56 Å². The molecule has 0 N–H and O–H groups in total. The van der Waals surface area contributed by atoms with Crippen molar-refractivity contribution in [2.75, 3.05) is 5.75 Å². The quantitative estimate of drug-likeness (QED) is 0.786. The number of thioether (sulfide) groups is 1. The molecule has 1 aromatic carbocycles. The highest BCUT2D eigenvalue weighted by molar-refractivity contribution is 8.14. The van der Waals surface area contributed by atoms with Gasteiger partial charge in [0, 0.05) is 17.7 Å². The van der Waals surface area contributed by atoms with Gasteiger partial charge in [-0.05, 0) is 6.92 Å². The highest BCUT2D eigenvalue weighted by Crippen LogP contribution is 2.21. The van der Waals surface area contributed by atoms with E-state index in [0.717, 1.165) is 18.7 Å². The molecule has 0 fully saturated rings. The lowest BCUT2D eigenvalue weighted by molar-refractivity contribution is 0.0194. The maximum atomic E-state index is 12.5. The molecule has 0 aliphatic rings. The van der Waals surface area contributed by atoms with Crippen molar-refractivity contribution in [3.8, 4) is 0 Å². The molecule has 1 nitrogen and oxygen atoms in total. The third kappa shape index (κ3) is 4.93. The van der Waals surface area contributed by atoms with E-state index < -0.39 is 5.92 Å². The van der Waals surface area contributed by atoms with Crippen LogP contribution < -0.4 is 0 Å². The second-order valence-corrected chi connectivity index (χ2v) is 4.39. The summed E-state index contributed by atoms with van der Waals surface area (Å²) in [4.78, 5) is 11.4. The molecule has 0 saturated heterocycles. The van der Waals surface area contributed by atoms with Crippen LogP contribution in [0, 0.1) is 0 Å². The second kappa shape index (κ2) is 5.26. The molecular formula is C11H12F2OS. The lowest BCUT2D eigenvalue weighted by Crippen LogP contribution is -2.11. The van der Waals surface area contributed by atoms with E-state index in [1.165, 1.54) is 0 Å². The summed E-state index contributed by atoms with van der Waals surface area (Å²) in [5, 5.41) is -0.153. The van der Waals surface area contributed by atoms with Crippen molar-refractivity contribution >= 4 is 16.9 Å². The lowest BCUT2D eigenvalue weighted by atomic mass is 10.2. The van der Waals surface area contributed by atoms with Crippen molar-refractivity contribution in [1.29, 1.82) is 0 Å². The number of hydrogen-bond donors (Lipinski definition) is 0. The Kier molecular flexibility index (Phi) is 4.27. The second-order valence-electron chi connectivity index (χ2n) is 3.32. The number of benzene rings is 1. The molecule has 15 heavy (non-hydrogen) atoms. The predicted octanol–water partition coefficient (Wildman–Crippen LogP) is 3.61. The monoisotopic (exact) mass is 230 g/mol. The molecule has 1 aromatic rings. The molecule has 0 spiro atoms. The van der Waals surface area contributed by atoms with Crippen molar-refractivity contribution in [3.63, 3.8) is 0 Å². The first-order valence-corrected chi connectivity index (χ1v) is 5.57. The summed E-state index contributed by atoms with van der Waals surface area (Å²) >= 11 is 0.937. The fourth-order valence-corrected chi connectivity index (χ4v) is 1.93. The molecule has 0 unspecified atom stereocenters. The van der Waals surface area contributed by atoms with Crippen LogP contribution in [-0.4, -0.2) is 16.8 Å². The summed E-state index contributed by atoms with van der Waals surface area (Å²) in [5.41, 5.74) is 0.557. The normalized spacial score (nSPS) is 11.4. The van der Waals surface area contributed by atoms with Gasteiger partial charge in [0.15, 0.2) is 0 Å². The summed E-state index contributed by atoms with van der Waals surface area (Å²) in [5.74, 6) is -2.54. The van der Waals surface area contributed by atoms with E-state index >= 15 is 0 Å². The fraction of sp³-hybridized carbons (Fsp3) is 0.364. The molecule has 0 saturated carbocycles. The highest BCUT2D eigenvalue weighted by Gasteiger charge is 2.21. The van der Waals surface area contributed by atoms with Gasteiger partial charge in [0.1, 0.15) is 0 Å². The van der Waals surface area contributed by atoms with E-state index in [-0.39, 0.29) is 17.3 Å². The molecule has 82 valence electrons. The van der Waals surface area contributed by atoms with Crippen LogP contribution in [-0.2, 0) is 0 Å². The van der Waals surface area contributed by atoms with Crippen molar-refractivity contribution < 1.29 is 13.6 Å². The Morgan fingerprint density at radius 3 is 2.47 bits per heavy atom. The van der Waals surface area contributed by atoms with Crippen LogP contribution in [0.25, 0.3) is 0 Å². The molecule has 0 aliphatic heterocycles. The minimum Gasteiger partial charge on any atom is -0.282 e. The molecule has 1 rings (SSSR count). The lowest BCUT2D eigenvalue weighted by Gasteiger charge is -2.08. The molecule has 0 amide bonds. The van der Waals surface area contributed by atoms with E-state index in [2.05, 4.69) is 0 Å². The average molecular weight is 230 g/mol. The number of rotatable bonds is 4. The predicted molar refractivity (Wildman–Crippen MR) is 58.5 cm³/mol. The molecule has 0 heterocycles. The van der Waals surface area contributed by atoms with Crippen molar-refractivity contribution in [2.24, 2.45) is 0 Å². The zero-order chi connectivity index (χ0) is 11.3. The van der Waals surface area contributed by atoms with Crippen molar-refractivity contribution in [3.05, 3.63) is 35.9 Å². The molecular weight excluding hydrogens is 218 g/mol. The van der Waals surface area contributed by atoms with Gasteiger partial charge in [0.05, 0.1) is 0 Å². The first-order valence-electron chi connectivity index (χ1n) is 4.59. The Labute approximate surface area is 91.9 Å². The number of alkyl halides is 2. The third-order valence-corrected chi connectivity index (χ3v) is 2.69. The maximum Gasteiger partial charge on any atom is 0.246 e. The van der Waals surface area contributed by atoms with Gasteiger partial charge in [-0.15, -0.1) is 0 Å². The number of carbonyl (C=O) groups excluding carboxylic acids is 1. The molecule has 0 aliphatic carbocycles. The average Bonchev–Trinajstić information content (AvgIpc) is 2.17. The summed E-state index contributed by atoms with van der Waals surface area (Å²) in [6, 6.07) is 8.67. The van der Waals surface area contributed by atoms with Crippen molar-refractivity contribution in [2.45, 2.75) is 19.3 Å². The van der Waals surface area contributed by atoms with Gasteiger partial charge in [-0.1, -0.05) is 42.1 Å². The third-order valence-electron chi connectivity index (χ3n) is 1.78. The fourth-order valence-electron chi connectivity index (χ4n) is 0.981. The van der Waals surface area contributed by atoms with E-state index in [1.807, 2.05) is 6.07 Å². The smallest absolute Gasteiger partial charge is 0.246 e. The van der Waals surface area contributed by atoms with Gasteiger partial charge in [0.25, 0.3) is 0 Å². The number of hydrogen-bond acceptors (Lipinski definition) is 2. The van der Waals surface area contributed by atoms with Crippen LogP contribution >= 0.6 is 11.8 Å². The van der Waals surface area contributed by atoms with Gasteiger partial charge in [-0.2, -0.15) is 0 Å². The highest BCUT2D eigenvalue weighted by atomic mass is 32.2. The summed E-state index contributed by atoms with van der Waals surface area (Å²) < 4.78 is 24.9. The Morgan fingerprint density at radius 1 is 1.33 bits per heavy atom. The van der Waals surface area contributed by atoms with Crippen LogP contribution in [0.5, 0.6) is 0 Å². The zero-order valence-electron chi connectivity index (χ0n) is 8.37. The van der Waals surface area contributed by atoms with Crippen LogP contribution in [0.3, 0.4) is 0 Å². The first-order chi connectivity index (χ1) is 6.99. The minimum absolute atomic E-state index is 0.150. The number of carbonyl (C=O) groups is 1. The van der Waals surface area contributed by atoms with E-state index in [9.17, 15) is 13.6 Å². The van der Waals surface area contributed by atoms with Crippen molar-refractivity contribution in [1.82, 2.24) is 0 Å². The largest absolute Gasteiger partial charge is 0.282 e. The Hall–Kier alpha value is -0.900. The van der Waals surface area contributed by atoms with Crippen LogP contribution in [0.4, 0.5) is 8.78 Å². The molecule has 4 heteroatoms. The minimum atomic E-state index is -2.69. The SMILES string of the molecule is CC(F)(F)CCSC(=O)c1ccccc1. The number of halogens is 2. The van der Waals surface area contributed by atoms with Crippen LogP contribution in [0.1, 0.15) is 23.7 Å². The standard InChI is InChI=1S/C11H12F2OS/c1-11(12,13)7-8-15-10(14)9-5-3-2-4-6-9/h2-6H,7-8H2,1H3. The molecule has 0 radical (unpaired) electrons. The molecule has 0 bridgehead atoms.